The van der Waals surface area contributed by atoms with E-state index in [4.69, 9.17) is 4.98 Å². The molecule has 0 spiro atoms. The van der Waals surface area contributed by atoms with E-state index in [1.165, 1.54) is 11.1 Å². The van der Waals surface area contributed by atoms with Gasteiger partial charge in [0.1, 0.15) is 23.0 Å². The monoisotopic (exact) mass is 451 g/mol. The fraction of sp³-hybridized carbons (Fsp3) is 0.458. The molecule has 3 rings (SSSR count). The van der Waals surface area contributed by atoms with Crippen molar-refractivity contribution in [1.82, 2.24) is 9.88 Å². The molecule has 0 bridgehead atoms. The van der Waals surface area contributed by atoms with Crippen molar-refractivity contribution in [3.8, 4) is 12.1 Å². The van der Waals surface area contributed by atoms with Crippen molar-refractivity contribution >= 4 is 29.3 Å². The first-order valence-corrected chi connectivity index (χ1v) is 13.0. The fourth-order valence-electron chi connectivity index (χ4n) is 3.83. The molecule has 7 heteroatoms. The van der Waals surface area contributed by atoms with Gasteiger partial charge >= 0.3 is 0 Å². The van der Waals surface area contributed by atoms with Crippen LogP contribution in [0.2, 0.25) is 0 Å². The second kappa shape index (κ2) is 11.4. The Labute approximate surface area is 194 Å². The lowest BCUT2D eigenvalue weighted by Gasteiger charge is -2.25. The number of thioether (sulfide) groups is 2. The molecule has 2 aromatic rings. The van der Waals surface area contributed by atoms with Gasteiger partial charge in [0, 0.05) is 31.1 Å². The van der Waals surface area contributed by atoms with Crippen molar-refractivity contribution in [3.63, 3.8) is 0 Å². The van der Waals surface area contributed by atoms with Crippen molar-refractivity contribution in [2.45, 2.75) is 36.3 Å². The first-order chi connectivity index (χ1) is 15.1. The molecule has 5 nitrogen and oxygen atoms in total. The predicted molar refractivity (Wildman–Crippen MR) is 131 cm³/mol. The van der Waals surface area contributed by atoms with Crippen LogP contribution < -0.4 is 4.90 Å². The van der Waals surface area contributed by atoms with Crippen LogP contribution in [0, 0.1) is 22.7 Å². The highest BCUT2D eigenvalue weighted by atomic mass is 32.2. The Bertz CT molecular complexity index is 975. The van der Waals surface area contributed by atoms with Crippen molar-refractivity contribution in [3.05, 3.63) is 52.1 Å². The summed E-state index contributed by atoms with van der Waals surface area (Å²) in [7, 11) is 2.13. The number of hydrogen-bond acceptors (Lipinski definition) is 7. The second-order valence-corrected chi connectivity index (χ2v) is 9.56. The summed E-state index contributed by atoms with van der Waals surface area (Å²) in [5.74, 6) is 2.50. The van der Waals surface area contributed by atoms with Crippen molar-refractivity contribution < 1.29 is 0 Å². The molecule has 1 aromatic carbocycles. The molecule has 1 aromatic heterocycles. The summed E-state index contributed by atoms with van der Waals surface area (Å²) in [5.41, 5.74) is 4.47. The van der Waals surface area contributed by atoms with E-state index in [-0.39, 0.29) is 0 Å². The van der Waals surface area contributed by atoms with Crippen molar-refractivity contribution in [1.29, 1.82) is 10.5 Å². The Morgan fingerprint density at radius 2 is 1.65 bits per heavy atom. The van der Waals surface area contributed by atoms with Crippen LogP contribution in [-0.4, -0.2) is 49.4 Å². The van der Waals surface area contributed by atoms with Gasteiger partial charge in [-0.25, -0.2) is 4.98 Å². The third kappa shape index (κ3) is 5.74. The largest absolute Gasteiger partial charge is 0.354 e. The summed E-state index contributed by atoms with van der Waals surface area (Å²) in [6, 6.07) is 13.3. The minimum atomic E-state index is 0.554. The lowest BCUT2D eigenvalue weighted by molar-refractivity contribution is 0.360. The van der Waals surface area contributed by atoms with Gasteiger partial charge in [0.05, 0.1) is 11.1 Å². The molecule has 0 N–H and O–H groups in total. The molecular weight excluding hydrogens is 422 g/mol. The van der Waals surface area contributed by atoms with Gasteiger partial charge in [0.2, 0.25) is 0 Å². The van der Waals surface area contributed by atoms with Crippen LogP contribution in [-0.2, 0) is 17.9 Å². The first-order valence-electron chi connectivity index (χ1n) is 10.6. The van der Waals surface area contributed by atoms with Crippen LogP contribution in [0.3, 0.4) is 0 Å². The molecule has 0 unspecified atom stereocenters. The summed E-state index contributed by atoms with van der Waals surface area (Å²) >= 11 is 3.41. The summed E-state index contributed by atoms with van der Waals surface area (Å²) in [6.07, 6.45) is 3.79. The van der Waals surface area contributed by atoms with Crippen molar-refractivity contribution in [2.75, 3.05) is 44.4 Å². The lowest BCUT2D eigenvalue weighted by atomic mass is 10.0. The fourth-order valence-corrected chi connectivity index (χ4v) is 5.31. The standard InChI is InChI=1S/C24H29N5S2/c1-4-20-21(14-25)23(29-11-5-10-28(2)12-13-29)27-24(22(20)15-26)31-17-19-8-6-18(7-9-19)16-30-3/h6-9H,4-5,10-13,16-17H2,1-3H3. The Kier molecular flexibility index (Phi) is 8.66. The molecule has 1 aliphatic rings. The van der Waals surface area contributed by atoms with E-state index >= 15 is 0 Å². The van der Waals surface area contributed by atoms with Gasteiger partial charge < -0.3 is 9.80 Å². The third-order valence-electron chi connectivity index (χ3n) is 5.55. The van der Waals surface area contributed by atoms with Crippen LogP contribution in [0.5, 0.6) is 0 Å². The molecule has 1 saturated heterocycles. The highest BCUT2D eigenvalue weighted by molar-refractivity contribution is 7.98. The zero-order valence-corrected chi connectivity index (χ0v) is 20.2. The van der Waals surface area contributed by atoms with E-state index in [2.05, 4.69) is 59.5 Å². The Morgan fingerprint density at radius 3 is 2.26 bits per heavy atom. The van der Waals surface area contributed by atoms with Crippen LogP contribution in [0.4, 0.5) is 5.82 Å². The lowest BCUT2D eigenvalue weighted by Crippen LogP contribution is -2.30. The average Bonchev–Trinajstić information content (AvgIpc) is 3.01. The quantitative estimate of drug-likeness (QED) is 0.566. The summed E-state index contributed by atoms with van der Waals surface area (Å²) in [5, 5.41) is 20.6. The highest BCUT2D eigenvalue weighted by Crippen LogP contribution is 2.33. The third-order valence-corrected chi connectivity index (χ3v) is 7.22. The maximum absolute atomic E-state index is 9.93. The predicted octanol–water partition coefficient (Wildman–Crippen LogP) is 4.68. The first kappa shape index (κ1) is 23.5. The van der Waals surface area contributed by atoms with Crippen LogP contribution in [0.15, 0.2) is 29.3 Å². The maximum Gasteiger partial charge on any atom is 0.148 e. The summed E-state index contributed by atoms with van der Waals surface area (Å²) in [6.45, 7) is 5.72. The van der Waals surface area contributed by atoms with E-state index in [0.29, 0.717) is 17.5 Å². The molecule has 1 aliphatic heterocycles. The molecule has 0 amide bonds. The van der Waals surface area contributed by atoms with Crippen LogP contribution >= 0.6 is 23.5 Å². The summed E-state index contributed by atoms with van der Waals surface area (Å²) < 4.78 is 0. The minimum absolute atomic E-state index is 0.554. The normalized spacial score (nSPS) is 14.7. The molecule has 0 atom stereocenters. The zero-order valence-electron chi connectivity index (χ0n) is 18.5. The molecule has 0 aliphatic carbocycles. The summed E-state index contributed by atoms with van der Waals surface area (Å²) in [4.78, 5) is 9.44. The van der Waals surface area contributed by atoms with E-state index in [9.17, 15) is 10.5 Å². The number of nitrogens with zero attached hydrogens (tertiary/aromatic N) is 5. The van der Waals surface area contributed by atoms with Crippen LogP contribution in [0.25, 0.3) is 0 Å². The number of rotatable bonds is 7. The molecule has 1 fully saturated rings. The molecular formula is C24H29N5S2. The number of anilines is 1. The van der Waals surface area contributed by atoms with Gasteiger partial charge in [0.25, 0.3) is 0 Å². The maximum atomic E-state index is 9.93. The molecule has 2 heterocycles. The van der Waals surface area contributed by atoms with E-state index in [1.54, 1.807) is 11.8 Å². The minimum Gasteiger partial charge on any atom is -0.354 e. The Hall–Kier alpha value is -2.19. The number of pyridine rings is 1. The van der Waals surface area contributed by atoms with Gasteiger partial charge in [-0.1, -0.05) is 31.2 Å². The SMILES string of the molecule is CCc1c(C#N)c(SCc2ccc(CSC)cc2)nc(N2CCCN(C)CC2)c1C#N. The molecule has 31 heavy (non-hydrogen) atoms. The molecule has 0 radical (unpaired) electrons. The van der Waals surface area contributed by atoms with Gasteiger partial charge in [-0.2, -0.15) is 22.3 Å². The smallest absolute Gasteiger partial charge is 0.148 e. The zero-order chi connectivity index (χ0) is 22.2. The number of nitriles is 2. The molecule has 0 saturated carbocycles. The van der Waals surface area contributed by atoms with Crippen molar-refractivity contribution in [2.24, 2.45) is 0 Å². The van der Waals surface area contributed by atoms with E-state index in [1.807, 2.05) is 18.7 Å². The second-order valence-electron chi connectivity index (χ2n) is 7.73. The number of likely N-dealkylation sites (N-methyl/N-ethyl adjacent to an activating group) is 1. The van der Waals surface area contributed by atoms with Gasteiger partial charge in [-0.3, -0.25) is 0 Å². The van der Waals surface area contributed by atoms with Gasteiger partial charge in [-0.15, -0.1) is 11.8 Å². The van der Waals surface area contributed by atoms with Gasteiger partial charge in [-0.05, 0) is 49.4 Å². The highest BCUT2D eigenvalue weighted by Gasteiger charge is 2.24. The number of benzene rings is 1. The average molecular weight is 452 g/mol. The Morgan fingerprint density at radius 1 is 0.968 bits per heavy atom. The molecule has 162 valence electrons. The van der Waals surface area contributed by atoms with Gasteiger partial charge in [0.15, 0.2) is 0 Å². The number of hydrogen-bond donors (Lipinski definition) is 0. The van der Waals surface area contributed by atoms with E-state index in [0.717, 1.165) is 60.5 Å². The Balaban J connectivity index is 1.93. The van der Waals surface area contributed by atoms with Crippen LogP contribution in [0.1, 0.15) is 41.2 Å². The number of aromatic nitrogens is 1. The topological polar surface area (TPSA) is 67.0 Å². The van der Waals surface area contributed by atoms with E-state index < -0.39 is 0 Å².